The lowest BCUT2D eigenvalue weighted by Gasteiger charge is -2.16. The van der Waals surface area contributed by atoms with Crippen molar-refractivity contribution >= 4 is 5.91 Å². The first-order valence-electron chi connectivity index (χ1n) is 4.77. The molecule has 0 heterocycles. The van der Waals surface area contributed by atoms with Gasteiger partial charge in [0.05, 0.1) is 5.56 Å². The van der Waals surface area contributed by atoms with Gasteiger partial charge in [-0.2, -0.15) is 0 Å². The summed E-state index contributed by atoms with van der Waals surface area (Å²) in [6, 6.07) is 3.60. The smallest absolute Gasteiger partial charge is 0.256 e. The number of amides is 1. The molecule has 0 aliphatic carbocycles. The van der Waals surface area contributed by atoms with Crippen molar-refractivity contribution in [2.24, 2.45) is 0 Å². The number of rotatable bonds is 3. The van der Waals surface area contributed by atoms with Crippen LogP contribution in [0.4, 0.5) is 8.78 Å². The summed E-state index contributed by atoms with van der Waals surface area (Å²) in [4.78, 5) is 13.0. The third-order valence-corrected chi connectivity index (χ3v) is 2.09. The molecule has 0 aliphatic heterocycles. The van der Waals surface area contributed by atoms with Crippen molar-refractivity contribution < 1.29 is 13.6 Å². The SMILES string of the molecule is CCCN(C)C(=O)c1cccc(F)c1F. The molecule has 1 amide bonds. The van der Waals surface area contributed by atoms with E-state index in [1.807, 2.05) is 6.92 Å². The van der Waals surface area contributed by atoms with E-state index in [0.29, 0.717) is 6.54 Å². The van der Waals surface area contributed by atoms with Gasteiger partial charge in [0, 0.05) is 13.6 Å². The Bertz CT molecular complexity index is 366. The second-order valence-corrected chi connectivity index (χ2v) is 3.33. The number of hydrogen-bond acceptors (Lipinski definition) is 1. The van der Waals surface area contributed by atoms with Crippen LogP contribution in [0, 0.1) is 11.6 Å². The van der Waals surface area contributed by atoms with Gasteiger partial charge in [-0.3, -0.25) is 4.79 Å². The molecule has 0 aliphatic rings. The van der Waals surface area contributed by atoms with Gasteiger partial charge in [-0.1, -0.05) is 13.0 Å². The Labute approximate surface area is 87.5 Å². The summed E-state index contributed by atoms with van der Waals surface area (Å²) >= 11 is 0. The van der Waals surface area contributed by atoms with Gasteiger partial charge in [0.25, 0.3) is 5.91 Å². The summed E-state index contributed by atoms with van der Waals surface area (Å²) in [6.45, 7) is 2.43. The first-order chi connectivity index (χ1) is 7.07. The molecule has 0 radical (unpaired) electrons. The highest BCUT2D eigenvalue weighted by Gasteiger charge is 2.17. The lowest BCUT2D eigenvalue weighted by molar-refractivity contribution is 0.0789. The zero-order valence-corrected chi connectivity index (χ0v) is 8.76. The first kappa shape index (κ1) is 11.6. The van der Waals surface area contributed by atoms with Crippen molar-refractivity contribution in [3.05, 3.63) is 35.4 Å². The molecule has 0 spiro atoms. The predicted octanol–water partition coefficient (Wildman–Crippen LogP) is 2.45. The van der Waals surface area contributed by atoms with E-state index in [9.17, 15) is 13.6 Å². The molecule has 0 atom stereocenters. The topological polar surface area (TPSA) is 20.3 Å². The fourth-order valence-corrected chi connectivity index (χ4v) is 1.31. The van der Waals surface area contributed by atoms with E-state index in [-0.39, 0.29) is 5.56 Å². The largest absolute Gasteiger partial charge is 0.342 e. The number of carbonyl (C=O) groups excluding carboxylic acids is 1. The van der Waals surface area contributed by atoms with E-state index in [2.05, 4.69) is 0 Å². The number of benzene rings is 1. The minimum atomic E-state index is -1.08. The van der Waals surface area contributed by atoms with Gasteiger partial charge in [0.2, 0.25) is 0 Å². The molecule has 2 nitrogen and oxygen atoms in total. The van der Waals surface area contributed by atoms with Crippen LogP contribution in [0.5, 0.6) is 0 Å². The highest BCUT2D eigenvalue weighted by molar-refractivity contribution is 5.94. The molecule has 0 aromatic heterocycles. The Balaban J connectivity index is 2.96. The first-order valence-corrected chi connectivity index (χ1v) is 4.77. The molecule has 15 heavy (non-hydrogen) atoms. The second-order valence-electron chi connectivity index (χ2n) is 3.33. The van der Waals surface area contributed by atoms with Gasteiger partial charge in [-0.25, -0.2) is 8.78 Å². The van der Waals surface area contributed by atoms with Crippen LogP contribution in [0.15, 0.2) is 18.2 Å². The van der Waals surface area contributed by atoms with Crippen LogP contribution < -0.4 is 0 Å². The van der Waals surface area contributed by atoms with Crippen LogP contribution >= 0.6 is 0 Å². The van der Waals surface area contributed by atoms with Gasteiger partial charge < -0.3 is 4.90 Å². The van der Waals surface area contributed by atoms with Crippen molar-refractivity contribution in [3.8, 4) is 0 Å². The van der Waals surface area contributed by atoms with Crippen molar-refractivity contribution in [1.29, 1.82) is 0 Å². The van der Waals surface area contributed by atoms with E-state index in [1.54, 1.807) is 7.05 Å². The standard InChI is InChI=1S/C11H13F2NO/c1-3-7-14(2)11(15)8-5-4-6-9(12)10(8)13/h4-6H,3,7H2,1-2H3. The molecule has 4 heteroatoms. The molecule has 1 aromatic carbocycles. The quantitative estimate of drug-likeness (QED) is 0.755. The Morgan fingerprint density at radius 3 is 2.67 bits per heavy atom. The van der Waals surface area contributed by atoms with Gasteiger partial charge in [-0.15, -0.1) is 0 Å². The van der Waals surface area contributed by atoms with Crippen LogP contribution in [0.25, 0.3) is 0 Å². The normalized spacial score (nSPS) is 10.1. The molecule has 0 N–H and O–H groups in total. The summed E-state index contributed by atoms with van der Waals surface area (Å²) in [6.07, 6.45) is 0.777. The highest BCUT2D eigenvalue weighted by atomic mass is 19.2. The molecule has 0 bridgehead atoms. The summed E-state index contributed by atoms with van der Waals surface area (Å²) < 4.78 is 26.1. The van der Waals surface area contributed by atoms with Crippen molar-refractivity contribution in [2.75, 3.05) is 13.6 Å². The van der Waals surface area contributed by atoms with Crippen LogP contribution in [-0.4, -0.2) is 24.4 Å². The zero-order chi connectivity index (χ0) is 11.4. The van der Waals surface area contributed by atoms with E-state index in [0.717, 1.165) is 12.5 Å². The lowest BCUT2D eigenvalue weighted by Crippen LogP contribution is -2.28. The number of carbonyl (C=O) groups is 1. The molecular weight excluding hydrogens is 200 g/mol. The van der Waals surface area contributed by atoms with E-state index >= 15 is 0 Å². The van der Waals surface area contributed by atoms with Gasteiger partial charge in [0.1, 0.15) is 0 Å². The second kappa shape index (κ2) is 4.87. The lowest BCUT2D eigenvalue weighted by atomic mass is 10.2. The molecule has 1 rings (SSSR count). The van der Waals surface area contributed by atoms with Crippen LogP contribution in [0.1, 0.15) is 23.7 Å². The van der Waals surface area contributed by atoms with Gasteiger partial charge in [-0.05, 0) is 18.6 Å². The Hall–Kier alpha value is -1.45. The molecule has 82 valence electrons. The van der Waals surface area contributed by atoms with Crippen molar-refractivity contribution in [1.82, 2.24) is 4.90 Å². The van der Waals surface area contributed by atoms with E-state index in [1.165, 1.54) is 17.0 Å². The summed E-state index contributed by atoms with van der Waals surface area (Å²) in [5, 5.41) is 0. The predicted molar refractivity (Wildman–Crippen MR) is 53.6 cm³/mol. The monoisotopic (exact) mass is 213 g/mol. The van der Waals surface area contributed by atoms with Crippen molar-refractivity contribution in [2.45, 2.75) is 13.3 Å². The van der Waals surface area contributed by atoms with Crippen LogP contribution in [0.3, 0.4) is 0 Å². The molecule has 0 unspecified atom stereocenters. The van der Waals surface area contributed by atoms with Crippen molar-refractivity contribution in [3.63, 3.8) is 0 Å². The van der Waals surface area contributed by atoms with E-state index in [4.69, 9.17) is 0 Å². The minimum Gasteiger partial charge on any atom is -0.342 e. The minimum absolute atomic E-state index is 0.217. The Kier molecular flexibility index (Phi) is 3.77. The molecule has 0 fully saturated rings. The Morgan fingerprint density at radius 1 is 1.40 bits per heavy atom. The molecule has 0 saturated carbocycles. The highest BCUT2D eigenvalue weighted by Crippen LogP contribution is 2.13. The summed E-state index contributed by atoms with van der Waals surface area (Å²) in [7, 11) is 1.57. The fourth-order valence-electron chi connectivity index (χ4n) is 1.31. The van der Waals surface area contributed by atoms with Gasteiger partial charge in [0.15, 0.2) is 11.6 Å². The average molecular weight is 213 g/mol. The van der Waals surface area contributed by atoms with Crippen LogP contribution in [0.2, 0.25) is 0 Å². The average Bonchev–Trinajstić information content (AvgIpc) is 2.21. The maximum Gasteiger partial charge on any atom is 0.256 e. The summed E-state index contributed by atoms with van der Waals surface area (Å²) in [5.74, 6) is -2.56. The van der Waals surface area contributed by atoms with Gasteiger partial charge >= 0.3 is 0 Å². The Morgan fingerprint density at radius 2 is 2.07 bits per heavy atom. The maximum atomic E-state index is 13.2. The van der Waals surface area contributed by atoms with E-state index < -0.39 is 17.5 Å². The third-order valence-electron chi connectivity index (χ3n) is 2.09. The maximum absolute atomic E-state index is 13.2. The third kappa shape index (κ3) is 2.52. The molecule has 0 saturated heterocycles. The fraction of sp³-hybridized carbons (Fsp3) is 0.364. The number of nitrogens with zero attached hydrogens (tertiary/aromatic N) is 1. The van der Waals surface area contributed by atoms with Crippen LogP contribution in [-0.2, 0) is 0 Å². The number of hydrogen-bond donors (Lipinski definition) is 0. The molecular formula is C11H13F2NO. The zero-order valence-electron chi connectivity index (χ0n) is 8.76. The summed E-state index contributed by atoms with van der Waals surface area (Å²) in [5.41, 5.74) is -0.217. The molecule has 1 aromatic rings. The number of halogens is 2.